The van der Waals surface area contributed by atoms with Gasteiger partial charge in [0.15, 0.2) is 23.0 Å². The molecule has 2 saturated carbocycles. The number of aliphatic carboxylic acids is 1. The number of esters is 3. The summed E-state index contributed by atoms with van der Waals surface area (Å²) in [6.45, 7) is 13.5. The number of ketones is 2. The van der Waals surface area contributed by atoms with E-state index >= 15 is 0 Å². The number of aromatic nitrogens is 4. The number of hydrogen-bond donors (Lipinski definition) is 1. The summed E-state index contributed by atoms with van der Waals surface area (Å²) in [5.74, 6) is -13.8. The maximum absolute atomic E-state index is 14.8. The molecule has 0 unspecified atom stereocenters. The minimum absolute atomic E-state index is 0. The van der Waals surface area contributed by atoms with Gasteiger partial charge in [-0.25, -0.2) is 19.9 Å². The van der Waals surface area contributed by atoms with Crippen molar-refractivity contribution in [1.82, 2.24) is 29.7 Å². The van der Waals surface area contributed by atoms with Gasteiger partial charge in [0, 0.05) is 51.4 Å². The molecule has 4 aromatic rings. The molecule has 2 amide bonds. The van der Waals surface area contributed by atoms with Crippen LogP contribution in [0.3, 0.4) is 0 Å². The predicted molar refractivity (Wildman–Crippen MR) is 346 cm³/mol. The van der Waals surface area contributed by atoms with Crippen LogP contribution in [0.2, 0.25) is 0 Å². The van der Waals surface area contributed by atoms with Crippen molar-refractivity contribution in [2.24, 2.45) is 34.5 Å². The number of allylic oxidation sites excluding steroid dienone is 4. The molecule has 0 spiro atoms. The summed E-state index contributed by atoms with van der Waals surface area (Å²) < 4.78 is 87.8. The summed E-state index contributed by atoms with van der Waals surface area (Å²) >= 11 is 0. The molecule has 0 bridgehead atoms. The first-order valence-electron chi connectivity index (χ1n) is 33.7. The fraction of sp³-hybridized carbons (Fsp3) is 0.611. The number of hydrogen-bond acceptors (Lipinski definition) is 18. The number of carbonyl (C=O) groups is 8. The SMILES string of the molecule is CC(C)(C)OC(=O)C[C@H]1CCCCC/C=C\[C@@H]2C[C@@]2(C(=O)O)CC(=O)[C@@H]2C[C@@H](Oc3nc4ccccc4nc3C(C)(F)F)CN2C1=O.CCOC(=O)[C@]12CC(=O)[C@@H]3C[C@@H](Oc4nc5ccccc5nc4C(C)(F)F)CN3C(=O)[C@@H](CC(=O)OC(C)(C)C)CCCCC/C=C\[C@@H]1C2.[Li+].[OH-]. The minimum Gasteiger partial charge on any atom is -0.870 e. The topological polar surface area (TPSA) is 291 Å². The maximum atomic E-state index is 14.8. The summed E-state index contributed by atoms with van der Waals surface area (Å²) in [6.07, 6.45) is 12.9. The molecule has 10 atom stereocenters. The zero-order valence-corrected chi connectivity index (χ0v) is 57.8. The summed E-state index contributed by atoms with van der Waals surface area (Å²) in [6, 6.07) is 11.0. The Balaban J connectivity index is 0.000000271. The van der Waals surface area contributed by atoms with Gasteiger partial charge in [0.25, 0.3) is 11.8 Å². The fourth-order valence-electron chi connectivity index (χ4n) is 13.7. The number of fused-ring (bicyclic) bond motifs is 6. The number of para-hydroxylation sites is 4. The Kier molecular flexibility index (Phi) is 25.4. The van der Waals surface area contributed by atoms with Crippen molar-refractivity contribution in [1.29, 1.82) is 0 Å². The number of carboxylic acid groups (broad SMARTS) is 1. The van der Waals surface area contributed by atoms with Gasteiger partial charge in [-0.1, -0.05) is 74.3 Å². The first-order chi connectivity index (χ1) is 45.2. The van der Waals surface area contributed by atoms with E-state index in [-0.39, 0.29) is 117 Å². The van der Waals surface area contributed by atoms with E-state index in [1.54, 1.807) is 97.0 Å². The maximum Gasteiger partial charge on any atom is 1.00 e. The van der Waals surface area contributed by atoms with Gasteiger partial charge in [-0.15, -0.1) is 0 Å². The molecule has 528 valence electrons. The van der Waals surface area contributed by atoms with Crippen molar-refractivity contribution in [2.45, 2.75) is 225 Å². The van der Waals surface area contributed by atoms with E-state index in [0.717, 1.165) is 38.5 Å². The second-order valence-corrected chi connectivity index (χ2v) is 28.8. The van der Waals surface area contributed by atoms with E-state index in [1.807, 2.05) is 24.3 Å². The quantitative estimate of drug-likeness (QED) is 0.0428. The summed E-state index contributed by atoms with van der Waals surface area (Å²) in [4.78, 5) is 128. The average Bonchev–Trinajstić information content (AvgIpc) is 1.58. The van der Waals surface area contributed by atoms with Gasteiger partial charge in [-0.2, -0.15) is 17.6 Å². The van der Waals surface area contributed by atoms with Crippen molar-refractivity contribution in [3.63, 3.8) is 0 Å². The number of carboxylic acids is 1. The molecule has 2 aromatic carbocycles. The smallest absolute Gasteiger partial charge is 0.870 e. The monoisotopic (exact) mass is 1360 g/mol. The van der Waals surface area contributed by atoms with E-state index in [4.69, 9.17) is 23.7 Å². The molecular weight excluding hydrogens is 1270 g/mol. The van der Waals surface area contributed by atoms with Crippen molar-refractivity contribution >= 4 is 69.3 Å². The number of carbonyl (C=O) groups excluding carboxylic acids is 7. The Bertz CT molecular complexity index is 3640. The molecule has 2 aliphatic carbocycles. The first kappa shape index (κ1) is 78.0. The summed E-state index contributed by atoms with van der Waals surface area (Å²) in [7, 11) is 0. The van der Waals surface area contributed by atoms with Gasteiger partial charge in [0.2, 0.25) is 23.6 Å². The van der Waals surface area contributed by atoms with Crippen LogP contribution in [0, 0.1) is 34.5 Å². The van der Waals surface area contributed by atoms with Crippen LogP contribution in [0.5, 0.6) is 11.8 Å². The number of amides is 2. The van der Waals surface area contributed by atoms with Crippen LogP contribution >= 0.6 is 0 Å². The van der Waals surface area contributed by atoms with Crippen molar-refractivity contribution < 1.29 is 109 Å². The van der Waals surface area contributed by atoms with Crippen LogP contribution < -0.4 is 28.3 Å². The van der Waals surface area contributed by atoms with Crippen LogP contribution in [0.15, 0.2) is 72.8 Å². The molecule has 2 N–H and O–H groups in total. The molecular formula is C72H91F4LiN6O15. The molecule has 26 heteroatoms. The third-order valence-corrected chi connectivity index (χ3v) is 18.6. The summed E-state index contributed by atoms with van der Waals surface area (Å²) in [5.41, 5.74) is -3.90. The van der Waals surface area contributed by atoms with Crippen LogP contribution in [0.1, 0.15) is 189 Å². The van der Waals surface area contributed by atoms with E-state index in [0.29, 0.717) is 63.4 Å². The molecule has 2 saturated heterocycles. The third kappa shape index (κ3) is 19.3. The van der Waals surface area contributed by atoms with E-state index in [9.17, 15) is 61.0 Å². The normalized spacial score (nSPS) is 27.2. The van der Waals surface area contributed by atoms with Gasteiger partial charge in [-0.3, -0.25) is 38.4 Å². The zero-order valence-electron chi connectivity index (χ0n) is 57.8. The van der Waals surface area contributed by atoms with E-state index < -0.39 is 129 Å². The molecule has 0 radical (unpaired) electrons. The Morgan fingerprint density at radius 2 is 0.949 bits per heavy atom. The third-order valence-electron chi connectivity index (χ3n) is 18.6. The number of halogens is 4. The second kappa shape index (κ2) is 31.9. The molecule has 10 rings (SSSR count). The second-order valence-electron chi connectivity index (χ2n) is 28.8. The number of nitrogens with zero attached hydrogens (tertiary/aromatic N) is 6. The van der Waals surface area contributed by atoms with Crippen molar-refractivity contribution in [2.75, 3.05) is 19.7 Å². The molecule has 98 heavy (non-hydrogen) atoms. The van der Waals surface area contributed by atoms with Gasteiger partial charge >= 0.3 is 42.7 Å². The molecule has 21 nitrogen and oxygen atoms in total. The average molecular weight is 1360 g/mol. The Hall–Kier alpha value is -7.36. The Labute approximate surface area is 580 Å². The van der Waals surface area contributed by atoms with Crippen LogP contribution in [0.25, 0.3) is 22.1 Å². The molecule has 2 aromatic heterocycles. The first-order valence-corrected chi connectivity index (χ1v) is 33.7. The standard InChI is InChI=1S/C37H47F2N3O7.C35H43F2N3O7.Li.H2O/c1-6-47-34(46)37-20-24(37)15-11-9-7-8-10-14-23(18-30(44)49-35(2,3)4)33(45)42-22-25(19-28(42)29(43)21-37)48-32-31(36(5,38)39)40-26-16-12-13-17-27(26)41-32;1-33(2,3)47-28(42)16-21-12-8-6-5-7-9-13-22-18-35(22,32(44)45)19-27(41)26-17-23(20-40(26)31(21)43)46-30-29(34(4,36)37)38-24-14-10-11-15-25(24)39-30;;/h11-13,15-17,23-25,28H,6-10,14,18-22H2,1-5H3;9-11,13-15,21-23,26H,5-8,12,16-20H2,1-4H3,(H,44,45);;1H2/q;;+1;/p-1/b15-11-;13-9-;;/t23-,24-,25-,28+,37-;21-,22-,23-,26+,35-;;/m11../s1. The Morgan fingerprint density at radius 3 is 1.33 bits per heavy atom. The number of Topliss-reactive ketones (excluding diaryl/α,β-unsaturated/α-hetero) is 2. The van der Waals surface area contributed by atoms with Crippen molar-refractivity contribution in [3.05, 3.63) is 84.2 Å². The molecule has 4 aliphatic heterocycles. The van der Waals surface area contributed by atoms with Crippen LogP contribution in [-0.4, -0.2) is 143 Å². The van der Waals surface area contributed by atoms with E-state index in [2.05, 4.69) is 19.9 Å². The number of rotatable bonds is 13. The molecule has 4 fully saturated rings. The van der Waals surface area contributed by atoms with Gasteiger partial charge in [0.1, 0.15) is 23.4 Å². The zero-order chi connectivity index (χ0) is 69.7. The number of benzene rings is 2. The summed E-state index contributed by atoms with van der Waals surface area (Å²) in [5, 5.41) is 10.1. The molecule has 6 heterocycles. The largest absolute Gasteiger partial charge is 1.00 e. The van der Waals surface area contributed by atoms with Gasteiger partial charge in [-0.05, 0) is 136 Å². The number of alkyl halides is 4. The predicted octanol–water partition coefficient (Wildman–Crippen LogP) is 9.32. The fourth-order valence-corrected chi connectivity index (χ4v) is 13.7. The Morgan fingerprint density at radius 1 is 0.571 bits per heavy atom. The van der Waals surface area contributed by atoms with Crippen LogP contribution in [-0.2, 0) is 64.4 Å². The van der Waals surface area contributed by atoms with E-state index in [1.165, 1.54) is 9.80 Å². The van der Waals surface area contributed by atoms with Gasteiger partial charge in [0.05, 0.1) is 77.5 Å². The molecule has 6 aliphatic rings. The van der Waals surface area contributed by atoms with Crippen LogP contribution in [0.4, 0.5) is 17.6 Å². The number of ether oxygens (including phenoxy) is 5. The minimum atomic E-state index is -3.40. The van der Waals surface area contributed by atoms with Gasteiger partial charge < -0.3 is 44.1 Å². The van der Waals surface area contributed by atoms with Crippen molar-refractivity contribution in [3.8, 4) is 11.8 Å².